The van der Waals surface area contributed by atoms with Gasteiger partial charge in [-0.15, -0.1) is 11.3 Å². The molecule has 0 bridgehead atoms. The van der Waals surface area contributed by atoms with Crippen molar-refractivity contribution in [3.05, 3.63) is 20.8 Å². The lowest BCUT2D eigenvalue weighted by molar-refractivity contribution is -0.137. The first-order valence-corrected chi connectivity index (χ1v) is 7.56. The van der Waals surface area contributed by atoms with Gasteiger partial charge in [-0.05, 0) is 39.9 Å². The summed E-state index contributed by atoms with van der Waals surface area (Å²) in [4.78, 5) is 23.5. The molecule has 4 nitrogen and oxygen atoms in total. The Bertz CT molecular complexity index is 465. The largest absolute Gasteiger partial charge is 0.481 e. The van der Waals surface area contributed by atoms with E-state index in [2.05, 4.69) is 21.2 Å². The van der Waals surface area contributed by atoms with Crippen molar-refractivity contribution in [1.82, 2.24) is 5.32 Å². The smallest absolute Gasteiger partial charge is 0.305 e. The molecule has 106 valence electrons. The number of nitrogens with one attached hydrogen (secondary N) is 1. The van der Waals surface area contributed by atoms with Gasteiger partial charge in [0.2, 0.25) is 0 Å². The van der Waals surface area contributed by atoms with Gasteiger partial charge in [-0.2, -0.15) is 0 Å². The quantitative estimate of drug-likeness (QED) is 0.856. The predicted octanol–water partition coefficient (Wildman–Crippen LogP) is 3.52. The third-order valence-electron chi connectivity index (χ3n) is 2.41. The van der Waals surface area contributed by atoms with Gasteiger partial charge in [0.15, 0.2) is 0 Å². The number of hydrogen-bond acceptors (Lipinski definition) is 3. The fourth-order valence-corrected chi connectivity index (χ4v) is 3.11. The number of hydrogen-bond donors (Lipinski definition) is 2. The second-order valence-corrected chi connectivity index (χ2v) is 8.10. The average molecular weight is 348 g/mol. The molecule has 1 aromatic heterocycles. The molecule has 0 radical (unpaired) electrons. The van der Waals surface area contributed by atoms with Crippen LogP contribution in [0.2, 0.25) is 0 Å². The van der Waals surface area contributed by atoms with Crippen LogP contribution < -0.4 is 5.32 Å². The molecule has 1 aromatic rings. The second-order valence-electron chi connectivity index (χ2n) is 5.64. The lowest BCUT2D eigenvalue weighted by Gasteiger charge is -2.25. The van der Waals surface area contributed by atoms with E-state index in [4.69, 9.17) is 5.11 Å². The van der Waals surface area contributed by atoms with Crippen LogP contribution in [0.25, 0.3) is 0 Å². The van der Waals surface area contributed by atoms with E-state index in [9.17, 15) is 9.59 Å². The molecule has 6 heteroatoms. The Hall–Kier alpha value is -0.880. The average Bonchev–Trinajstić information content (AvgIpc) is 2.60. The number of halogens is 1. The lowest BCUT2D eigenvalue weighted by atomic mass is 9.87. The molecule has 0 saturated heterocycles. The van der Waals surface area contributed by atoms with Crippen molar-refractivity contribution in [3.8, 4) is 0 Å². The van der Waals surface area contributed by atoms with Crippen molar-refractivity contribution in [2.24, 2.45) is 5.41 Å². The number of thiophene rings is 1. The first-order valence-electron chi connectivity index (χ1n) is 5.95. The minimum atomic E-state index is -0.901. The molecule has 2 N–H and O–H groups in total. The lowest BCUT2D eigenvalue weighted by Crippen LogP contribution is -2.38. The molecule has 0 aliphatic carbocycles. The normalized spacial score (nSPS) is 13.1. The third kappa shape index (κ3) is 6.20. The molecule has 0 aliphatic heterocycles. The van der Waals surface area contributed by atoms with Crippen LogP contribution in [-0.2, 0) is 4.79 Å². The molecule has 0 fully saturated rings. The maximum absolute atomic E-state index is 12.0. The van der Waals surface area contributed by atoms with Crippen LogP contribution in [0.4, 0.5) is 0 Å². The number of carbonyl (C=O) groups excluding carboxylic acids is 1. The van der Waals surface area contributed by atoms with Crippen molar-refractivity contribution >= 4 is 39.1 Å². The maximum atomic E-state index is 12.0. The van der Waals surface area contributed by atoms with Crippen molar-refractivity contribution in [3.63, 3.8) is 0 Å². The molecule has 1 heterocycles. The van der Waals surface area contributed by atoms with E-state index in [0.717, 1.165) is 3.79 Å². The van der Waals surface area contributed by atoms with E-state index < -0.39 is 5.97 Å². The molecule has 0 spiro atoms. The van der Waals surface area contributed by atoms with Crippen LogP contribution >= 0.6 is 27.3 Å². The number of rotatable bonds is 5. The van der Waals surface area contributed by atoms with Gasteiger partial charge in [-0.1, -0.05) is 20.8 Å². The monoisotopic (exact) mass is 347 g/mol. The highest BCUT2D eigenvalue weighted by Gasteiger charge is 2.23. The Kier molecular flexibility index (Phi) is 5.55. The van der Waals surface area contributed by atoms with Gasteiger partial charge in [0.25, 0.3) is 5.91 Å². The molecule has 1 unspecified atom stereocenters. The summed E-state index contributed by atoms with van der Waals surface area (Å²) in [6, 6.07) is 3.17. The highest BCUT2D eigenvalue weighted by molar-refractivity contribution is 9.11. The van der Waals surface area contributed by atoms with Crippen LogP contribution in [0.15, 0.2) is 15.9 Å². The number of carboxylic acid groups (broad SMARTS) is 1. The number of amides is 1. The summed E-state index contributed by atoms with van der Waals surface area (Å²) >= 11 is 4.63. The van der Waals surface area contributed by atoms with Gasteiger partial charge in [0, 0.05) is 6.04 Å². The van der Waals surface area contributed by atoms with Crippen LogP contribution in [0.1, 0.15) is 43.3 Å². The molecule has 1 rings (SSSR count). The van der Waals surface area contributed by atoms with E-state index in [-0.39, 0.29) is 23.8 Å². The van der Waals surface area contributed by atoms with Gasteiger partial charge in [0.05, 0.1) is 15.1 Å². The van der Waals surface area contributed by atoms with Gasteiger partial charge < -0.3 is 10.4 Å². The van der Waals surface area contributed by atoms with Gasteiger partial charge >= 0.3 is 5.97 Å². The number of carbonyl (C=O) groups is 2. The Morgan fingerprint density at radius 2 is 2.05 bits per heavy atom. The van der Waals surface area contributed by atoms with Crippen molar-refractivity contribution in [2.75, 3.05) is 0 Å². The van der Waals surface area contributed by atoms with Gasteiger partial charge in [-0.3, -0.25) is 9.59 Å². The van der Waals surface area contributed by atoms with Crippen molar-refractivity contribution in [2.45, 2.75) is 39.7 Å². The standard InChI is InChI=1S/C13H18BrNO3S/c1-13(2,3)7-8(6-11(16)17)15-12(18)9-4-5-10(14)19-9/h4-5,8H,6-7H2,1-3H3,(H,15,18)(H,16,17). The molecular weight excluding hydrogens is 330 g/mol. The summed E-state index contributed by atoms with van der Waals surface area (Å²) in [5.41, 5.74) is -0.0383. The summed E-state index contributed by atoms with van der Waals surface area (Å²) < 4.78 is 0.878. The summed E-state index contributed by atoms with van der Waals surface area (Å²) in [5, 5.41) is 11.7. The molecule has 1 amide bonds. The molecule has 0 aliphatic rings. The van der Waals surface area contributed by atoms with Crippen LogP contribution in [0, 0.1) is 5.41 Å². The van der Waals surface area contributed by atoms with Gasteiger partial charge in [-0.25, -0.2) is 0 Å². The second kappa shape index (κ2) is 6.52. The fraction of sp³-hybridized carbons (Fsp3) is 0.538. The zero-order valence-corrected chi connectivity index (χ0v) is 13.6. The predicted molar refractivity (Wildman–Crippen MR) is 79.6 cm³/mol. The third-order valence-corrected chi connectivity index (χ3v) is 4.03. The SMILES string of the molecule is CC(C)(C)CC(CC(=O)O)NC(=O)c1ccc(Br)s1. The Morgan fingerprint density at radius 3 is 2.47 bits per heavy atom. The van der Waals surface area contributed by atoms with E-state index in [1.807, 2.05) is 20.8 Å². The zero-order chi connectivity index (χ0) is 14.6. The first-order chi connectivity index (χ1) is 8.67. The van der Waals surface area contributed by atoms with Gasteiger partial charge in [0.1, 0.15) is 0 Å². The maximum Gasteiger partial charge on any atom is 0.305 e. The summed E-state index contributed by atoms with van der Waals surface area (Å²) in [6.45, 7) is 6.07. The molecular formula is C13H18BrNO3S. The van der Waals surface area contributed by atoms with E-state index in [1.165, 1.54) is 11.3 Å². The van der Waals surface area contributed by atoms with Crippen molar-refractivity contribution < 1.29 is 14.7 Å². The fourth-order valence-electron chi connectivity index (χ4n) is 1.82. The molecule has 1 atom stereocenters. The summed E-state index contributed by atoms with van der Waals surface area (Å²) in [6.07, 6.45) is 0.563. The summed E-state index contributed by atoms with van der Waals surface area (Å²) in [5.74, 6) is -1.12. The van der Waals surface area contributed by atoms with E-state index in [1.54, 1.807) is 12.1 Å². The van der Waals surface area contributed by atoms with Crippen LogP contribution in [0.5, 0.6) is 0 Å². The molecule has 0 aromatic carbocycles. The molecule has 19 heavy (non-hydrogen) atoms. The van der Waals surface area contributed by atoms with Crippen LogP contribution in [-0.4, -0.2) is 23.0 Å². The molecule has 0 saturated carbocycles. The van der Waals surface area contributed by atoms with Crippen LogP contribution in [0.3, 0.4) is 0 Å². The zero-order valence-electron chi connectivity index (χ0n) is 11.2. The minimum Gasteiger partial charge on any atom is -0.481 e. The first kappa shape index (κ1) is 16.2. The Balaban J connectivity index is 2.71. The Labute approximate surface area is 125 Å². The number of aliphatic carboxylic acids is 1. The Morgan fingerprint density at radius 1 is 1.42 bits per heavy atom. The number of carboxylic acids is 1. The highest BCUT2D eigenvalue weighted by Crippen LogP contribution is 2.24. The summed E-state index contributed by atoms with van der Waals surface area (Å²) in [7, 11) is 0. The van der Waals surface area contributed by atoms with E-state index in [0.29, 0.717) is 11.3 Å². The van der Waals surface area contributed by atoms with Crippen molar-refractivity contribution in [1.29, 1.82) is 0 Å². The highest BCUT2D eigenvalue weighted by atomic mass is 79.9. The topological polar surface area (TPSA) is 66.4 Å². The minimum absolute atomic E-state index is 0.0383. The van der Waals surface area contributed by atoms with E-state index >= 15 is 0 Å².